The lowest BCUT2D eigenvalue weighted by Gasteiger charge is -2.35. The van der Waals surface area contributed by atoms with Crippen molar-refractivity contribution in [2.45, 2.75) is 12.2 Å². The molecular weight excluding hydrogens is 399 g/mol. The summed E-state index contributed by atoms with van der Waals surface area (Å²) in [5, 5.41) is 0.507. The first-order chi connectivity index (χ1) is 9.70. The van der Waals surface area contributed by atoms with Crippen molar-refractivity contribution in [3.8, 4) is 0 Å². The van der Waals surface area contributed by atoms with Crippen molar-refractivity contribution >= 4 is 47.6 Å². The van der Waals surface area contributed by atoms with E-state index in [0.29, 0.717) is 11.2 Å². The maximum absolute atomic E-state index is 6.05. The Labute approximate surface area is 147 Å². The van der Waals surface area contributed by atoms with Crippen LogP contribution in [0.4, 0.5) is 5.95 Å². The minimum Gasteiger partial charge on any atom is -0.370 e. The van der Waals surface area contributed by atoms with E-state index in [9.17, 15) is 0 Å². The summed E-state index contributed by atoms with van der Waals surface area (Å²) < 4.78 is 0. The van der Waals surface area contributed by atoms with E-state index in [1.54, 1.807) is 24.2 Å². The van der Waals surface area contributed by atoms with Crippen LogP contribution in [0.5, 0.6) is 0 Å². The highest BCUT2D eigenvalue weighted by Crippen LogP contribution is 2.10. The number of aliphatic imine (C=N–C) groups is 1. The number of hydrogen-bond donors (Lipinski definition) is 1. The molecule has 0 saturated carbocycles. The third kappa shape index (κ3) is 5.50. The van der Waals surface area contributed by atoms with Gasteiger partial charge in [0.1, 0.15) is 0 Å². The molecule has 1 aromatic heterocycles. The van der Waals surface area contributed by atoms with E-state index in [4.69, 9.17) is 5.73 Å². The number of halogens is 1. The second-order valence-corrected chi connectivity index (χ2v) is 6.04. The Hall–Kier alpha value is -0.770. The summed E-state index contributed by atoms with van der Waals surface area (Å²) in [6.45, 7) is 6.40. The van der Waals surface area contributed by atoms with Crippen molar-refractivity contribution in [2.75, 3.05) is 43.9 Å². The van der Waals surface area contributed by atoms with Crippen molar-refractivity contribution < 1.29 is 0 Å². The highest BCUT2D eigenvalue weighted by atomic mass is 127. The van der Waals surface area contributed by atoms with Crippen LogP contribution in [0.25, 0.3) is 0 Å². The van der Waals surface area contributed by atoms with Gasteiger partial charge in [0.25, 0.3) is 0 Å². The molecule has 0 bridgehead atoms. The number of guanidine groups is 1. The van der Waals surface area contributed by atoms with E-state index in [0.717, 1.165) is 38.7 Å². The molecule has 6 nitrogen and oxygen atoms in total. The Morgan fingerprint density at radius 1 is 1.33 bits per heavy atom. The van der Waals surface area contributed by atoms with Crippen molar-refractivity contribution in [2.24, 2.45) is 10.7 Å². The van der Waals surface area contributed by atoms with Crippen molar-refractivity contribution in [3.05, 3.63) is 18.5 Å². The SMILES string of the molecule is CSC(C)CN=C(N)N1CCN(c2ncccn2)CC1.I. The summed E-state index contributed by atoms with van der Waals surface area (Å²) >= 11 is 1.81. The smallest absolute Gasteiger partial charge is 0.225 e. The van der Waals surface area contributed by atoms with Gasteiger partial charge in [-0.3, -0.25) is 4.99 Å². The first kappa shape index (κ1) is 18.3. The Kier molecular flexibility index (Phi) is 8.09. The summed E-state index contributed by atoms with van der Waals surface area (Å²) in [4.78, 5) is 17.3. The lowest BCUT2D eigenvalue weighted by molar-refractivity contribution is 0.378. The number of thioether (sulfide) groups is 1. The molecule has 1 aliphatic heterocycles. The second kappa shape index (κ2) is 9.29. The zero-order valence-electron chi connectivity index (χ0n) is 12.5. The van der Waals surface area contributed by atoms with Gasteiger partial charge in [-0.25, -0.2) is 9.97 Å². The molecule has 0 spiro atoms. The molecule has 1 aliphatic rings. The first-order valence-electron chi connectivity index (χ1n) is 6.80. The van der Waals surface area contributed by atoms with Crippen LogP contribution in [0, 0.1) is 0 Å². The number of nitrogens with two attached hydrogens (primary N) is 1. The Bertz CT molecular complexity index is 436. The van der Waals surface area contributed by atoms with Crippen molar-refractivity contribution in [1.82, 2.24) is 14.9 Å². The largest absolute Gasteiger partial charge is 0.370 e. The molecule has 1 saturated heterocycles. The van der Waals surface area contributed by atoms with Gasteiger partial charge < -0.3 is 15.5 Å². The van der Waals surface area contributed by atoms with Crippen LogP contribution in [0.15, 0.2) is 23.5 Å². The molecule has 1 atom stereocenters. The standard InChI is InChI=1S/C13H22N6S.HI/c1-11(20-2)10-17-12(14)18-6-8-19(9-7-18)13-15-4-3-5-16-13;/h3-5,11H,6-10H2,1-2H3,(H2,14,17);1H. The highest BCUT2D eigenvalue weighted by Gasteiger charge is 2.19. The summed E-state index contributed by atoms with van der Waals surface area (Å²) in [5.74, 6) is 1.44. The van der Waals surface area contributed by atoms with E-state index >= 15 is 0 Å². The van der Waals surface area contributed by atoms with Crippen molar-refractivity contribution in [1.29, 1.82) is 0 Å². The first-order valence-corrected chi connectivity index (χ1v) is 8.09. The normalized spacial score (nSPS) is 17.3. The van der Waals surface area contributed by atoms with Gasteiger partial charge >= 0.3 is 0 Å². The molecule has 2 heterocycles. The Balaban J connectivity index is 0.00000220. The summed E-state index contributed by atoms with van der Waals surface area (Å²) in [5.41, 5.74) is 6.05. The predicted octanol–water partition coefficient (Wildman–Crippen LogP) is 1.28. The van der Waals surface area contributed by atoms with Crippen LogP contribution < -0.4 is 10.6 Å². The van der Waals surface area contributed by atoms with E-state index in [1.165, 1.54) is 0 Å². The summed E-state index contributed by atoms with van der Waals surface area (Å²) in [6.07, 6.45) is 5.64. The van der Waals surface area contributed by atoms with Gasteiger partial charge in [-0.05, 0) is 12.3 Å². The topological polar surface area (TPSA) is 70.6 Å². The second-order valence-electron chi connectivity index (χ2n) is 4.77. The van der Waals surface area contributed by atoms with E-state index in [2.05, 4.69) is 37.9 Å². The van der Waals surface area contributed by atoms with Crippen LogP contribution in [0.2, 0.25) is 0 Å². The molecule has 21 heavy (non-hydrogen) atoms. The van der Waals surface area contributed by atoms with Crippen LogP contribution in [-0.2, 0) is 0 Å². The zero-order valence-corrected chi connectivity index (χ0v) is 15.6. The van der Waals surface area contributed by atoms with E-state index in [-0.39, 0.29) is 24.0 Å². The van der Waals surface area contributed by atoms with Gasteiger partial charge in [0.05, 0.1) is 6.54 Å². The van der Waals surface area contributed by atoms with Crippen LogP contribution in [0.1, 0.15) is 6.92 Å². The highest BCUT2D eigenvalue weighted by molar-refractivity contribution is 14.0. The molecule has 1 fully saturated rings. The number of hydrogen-bond acceptors (Lipinski definition) is 5. The van der Waals surface area contributed by atoms with Gasteiger partial charge in [0.15, 0.2) is 5.96 Å². The maximum atomic E-state index is 6.05. The molecule has 2 rings (SSSR count). The minimum absolute atomic E-state index is 0. The Morgan fingerprint density at radius 3 is 2.52 bits per heavy atom. The monoisotopic (exact) mass is 422 g/mol. The average molecular weight is 422 g/mol. The van der Waals surface area contributed by atoms with Crippen LogP contribution >= 0.6 is 35.7 Å². The fourth-order valence-electron chi connectivity index (χ4n) is 1.99. The molecule has 1 unspecified atom stereocenters. The predicted molar refractivity (Wildman–Crippen MR) is 101 cm³/mol. The van der Waals surface area contributed by atoms with Crippen molar-refractivity contribution in [3.63, 3.8) is 0 Å². The molecule has 1 aromatic rings. The number of anilines is 1. The fourth-order valence-corrected chi connectivity index (χ4v) is 2.21. The number of rotatable bonds is 4. The van der Waals surface area contributed by atoms with Gasteiger partial charge in [-0.2, -0.15) is 11.8 Å². The van der Waals surface area contributed by atoms with E-state index < -0.39 is 0 Å². The van der Waals surface area contributed by atoms with Gasteiger partial charge in [-0.15, -0.1) is 24.0 Å². The lowest BCUT2D eigenvalue weighted by Crippen LogP contribution is -2.51. The average Bonchev–Trinajstić information content (AvgIpc) is 2.53. The van der Waals surface area contributed by atoms with Gasteiger partial charge in [0.2, 0.25) is 5.95 Å². The lowest BCUT2D eigenvalue weighted by atomic mass is 10.3. The maximum Gasteiger partial charge on any atom is 0.225 e. The minimum atomic E-state index is 0. The molecule has 0 radical (unpaired) electrons. The third-order valence-electron chi connectivity index (χ3n) is 3.35. The van der Waals surface area contributed by atoms with Gasteiger partial charge in [-0.1, -0.05) is 6.92 Å². The van der Waals surface area contributed by atoms with Gasteiger partial charge in [0, 0.05) is 43.8 Å². The molecular formula is C13H23IN6S. The molecule has 8 heteroatoms. The summed E-state index contributed by atoms with van der Waals surface area (Å²) in [6, 6.07) is 1.83. The molecule has 0 aromatic carbocycles. The Morgan fingerprint density at radius 2 is 1.95 bits per heavy atom. The van der Waals surface area contributed by atoms with E-state index in [1.807, 2.05) is 6.07 Å². The molecule has 2 N–H and O–H groups in total. The number of nitrogens with zero attached hydrogens (tertiary/aromatic N) is 5. The zero-order chi connectivity index (χ0) is 14.4. The molecule has 118 valence electrons. The number of piperazine rings is 1. The summed E-state index contributed by atoms with van der Waals surface area (Å²) in [7, 11) is 0. The molecule has 0 amide bonds. The fraction of sp³-hybridized carbons (Fsp3) is 0.615. The quantitative estimate of drug-likeness (QED) is 0.448. The molecule has 0 aliphatic carbocycles. The van der Waals surface area contributed by atoms with Crippen LogP contribution in [0.3, 0.4) is 0 Å². The third-order valence-corrected chi connectivity index (χ3v) is 4.31. The van der Waals surface area contributed by atoms with Crippen LogP contribution in [-0.4, -0.2) is 65.1 Å². The number of aromatic nitrogens is 2.